The van der Waals surface area contributed by atoms with Crippen molar-refractivity contribution in [1.29, 1.82) is 0 Å². The van der Waals surface area contributed by atoms with Crippen molar-refractivity contribution in [2.45, 2.75) is 0 Å². The molecule has 0 spiro atoms. The Morgan fingerprint density at radius 3 is 1.00 bits per heavy atom. The van der Waals surface area contributed by atoms with Crippen molar-refractivity contribution in [2.75, 3.05) is 0 Å². The van der Waals surface area contributed by atoms with Gasteiger partial charge in [0.2, 0.25) is 0 Å². The van der Waals surface area contributed by atoms with Crippen molar-refractivity contribution in [2.24, 2.45) is 0 Å². The van der Waals surface area contributed by atoms with Crippen LogP contribution in [0.2, 0.25) is 0 Å². The molecule has 0 bridgehead atoms. The standard InChI is InChI=1S/Cr.Fe.Mn.Ni/q4*+2. The average molecular weight is 221 g/mol. The topological polar surface area (TPSA) is 0 Å². The molecule has 0 amide bonds. The molecule has 1 radical (unpaired) electrons. The maximum atomic E-state index is 0. The summed E-state index contributed by atoms with van der Waals surface area (Å²) >= 11 is 0. The first-order chi connectivity index (χ1) is 0. The zero-order chi connectivity index (χ0) is 0. The first-order valence-corrected chi connectivity index (χ1v) is 0. The second-order valence-electron chi connectivity index (χ2n) is 0. The Morgan fingerprint density at radius 2 is 1.00 bits per heavy atom. The summed E-state index contributed by atoms with van der Waals surface area (Å²) in [5, 5.41) is 0. The van der Waals surface area contributed by atoms with Crippen molar-refractivity contribution in [3.05, 3.63) is 0 Å². The number of hydrogen-bond donors (Lipinski definition) is 0. The molecule has 0 aromatic carbocycles. The first-order valence-electron chi connectivity index (χ1n) is 0. The van der Waals surface area contributed by atoms with Crippen molar-refractivity contribution in [1.82, 2.24) is 0 Å². The molecule has 4 heteroatoms. The molecule has 0 aliphatic rings. The smallest absolute Gasteiger partial charge is 2.00 e. The van der Waals surface area contributed by atoms with Crippen LogP contribution < -0.4 is 0 Å². The Kier molecular flexibility index (Phi) is 179. The van der Waals surface area contributed by atoms with Gasteiger partial charge < -0.3 is 0 Å². The largest absolute Gasteiger partial charge is 2.00 e. The number of hydrogen-bond acceptors (Lipinski definition) is 0. The SMILES string of the molecule is [Cr+2].[Fe+2].[Mn+2].[Ni+2]. The third kappa shape index (κ3) is 8.96. The monoisotopic (exact) mass is 221 g/mol. The Hall–Kier alpha value is 2.06. The molecule has 0 nitrogen and oxygen atoms in total. The van der Waals surface area contributed by atoms with Crippen LogP contribution in [0.3, 0.4) is 0 Å². The third-order valence-corrected chi connectivity index (χ3v) is 0. The van der Waals surface area contributed by atoms with Crippen LogP contribution in [0, 0.1) is 0 Å². The van der Waals surface area contributed by atoms with E-state index in [1.807, 2.05) is 0 Å². The van der Waals surface area contributed by atoms with E-state index in [9.17, 15) is 0 Å². The molecule has 0 aromatic rings. The van der Waals surface area contributed by atoms with Gasteiger partial charge in [0.15, 0.2) is 0 Å². The molecule has 0 heterocycles. The summed E-state index contributed by atoms with van der Waals surface area (Å²) in [7, 11) is 0. The van der Waals surface area contributed by atoms with E-state index in [2.05, 4.69) is 0 Å². The van der Waals surface area contributed by atoms with E-state index in [4.69, 9.17) is 0 Å². The second kappa shape index (κ2) is 19.6. The zero-order valence-corrected chi connectivity index (χ0v) is 6.00. The summed E-state index contributed by atoms with van der Waals surface area (Å²) in [5.41, 5.74) is 0. The van der Waals surface area contributed by atoms with E-state index >= 15 is 0 Å². The van der Waals surface area contributed by atoms with E-state index < -0.39 is 0 Å². The minimum atomic E-state index is 0. The summed E-state index contributed by atoms with van der Waals surface area (Å²) < 4.78 is 0. The van der Waals surface area contributed by atoms with Crippen molar-refractivity contribution in [3.8, 4) is 0 Å². The molecule has 0 saturated heterocycles. The van der Waals surface area contributed by atoms with Gasteiger partial charge in [-0.3, -0.25) is 0 Å². The Balaban J connectivity index is 0. The number of rotatable bonds is 0. The molecule has 0 unspecified atom stereocenters. The summed E-state index contributed by atoms with van der Waals surface area (Å²) in [6.07, 6.45) is 0. The van der Waals surface area contributed by atoms with E-state index in [1.165, 1.54) is 0 Å². The summed E-state index contributed by atoms with van der Waals surface area (Å²) in [4.78, 5) is 0. The molecule has 0 fully saturated rings. The van der Waals surface area contributed by atoms with Gasteiger partial charge >= 0.3 is 68.0 Å². The van der Waals surface area contributed by atoms with Crippen molar-refractivity contribution >= 4 is 0 Å². The van der Waals surface area contributed by atoms with Gasteiger partial charge in [-0.1, -0.05) is 0 Å². The summed E-state index contributed by atoms with van der Waals surface area (Å²) in [6.45, 7) is 0. The first kappa shape index (κ1) is 36.5. The van der Waals surface area contributed by atoms with Gasteiger partial charge in [0, 0.05) is 0 Å². The average Bonchev–Trinajstić information content (AvgIpc) is 0. The van der Waals surface area contributed by atoms with Gasteiger partial charge in [0.1, 0.15) is 0 Å². The molecule has 0 aromatic heterocycles. The Labute approximate surface area is 67.5 Å². The minimum absolute atomic E-state index is 0. The van der Waals surface area contributed by atoms with Gasteiger partial charge in [-0.15, -0.1) is 0 Å². The maximum Gasteiger partial charge on any atom is 2.00 e. The van der Waals surface area contributed by atoms with Crippen molar-refractivity contribution in [3.63, 3.8) is 0 Å². The van der Waals surface area contributed by atoms with Crippen LogP contribution in [0.4, 0.5) is 0 Å². The van der Waals surface area contributed by atoms with E-state index in [-0.39, 0.29) is 68.0 Å². The molecule has 0 aliphatic heterocycles. The molecule has 4 heavy (non-hydrogen) atoms. The molecule has 0 saturated carbocycles. The normalized spacial score (nSPS) is 0. The van der Waals surface area contributed by atoms with Crippen LogP contribution in [0.25, 0.3) is 0 Å². The van der Waals surface area contributed by atoms with Crippen LogP contribution >= 0.6 is 0 Å². The Bertz CT molecular complexity index is 8.00. The van der Waals surface area contributed by atoms with Gasteiger partial charge in [-0.05, 0) is 0 Å². The van der Waals surface area contributed by atoms with E-state index in [0.29, 0.717) is 0 Å². The molecule has 0 N–H and O–H groups in total. The summed E-state index contributed by atoms with van der Waals surface area (Å²) in [6, 6.07) is 0. The van der Waals surface area contributed by atoms with Crippen LogP contribution in [-0.4, -0.2) is 0 Å². The zero-order valence-electron chi connectivity index (χ0n) is 1.46. The van der Waals surface area contributed by atoms with E-state index in [0.717, 1.165) is 0 Å². The van der Waals surface area contributed by atoms with Crippen LogP contribution in [0.15, 0.2) is 0 Å². The van der Waals surface area contributed by atoms with Crippen molar-refractivity contribution < 1.29 is 68.0 Å². The second-order valence-corrected chi connectivity index (χ2v) is 0. The molecular weight excluding hydrogens is 221 g/mol. The van der Waals surface area contributed by atoms with Gasteiger partial charge in [0.05, 0.1) is 0 Å². The molecule has 0 atom stereocenters. The molecule has 0 aliphatic carbocycles. The third-order valence-electron chi connectivity index (χ3n) is 0. The predicted molar refractivity (Wildman–Crippen MR) is 0 cm³/mol. The van der Waals surface area contributed by atoms with Crippen LogP contribution in [-0.2, 0) is 68.0 Å². The quantitative estimate of drug-likeness (QED) is 0.505. The fraction of sp³-hybridized carbons (Fsp3) is 0. The van der Waals surface area contributed by atoms with Crippen LogP contribution in [0.1, 0.15) is 0 Å². The summed E-state index contributed by atoms with van der Waals surface area (Å²) in [5.74, 6) is 0. The van der Waals surface area contributed by atoms with Gasteiger partial charge in [-0.2, -0.15) is 0 Å². The predicted octanol–water partition coefficient (Wildman–Crippen LogP) is -0.0100. The van der Waals surface area contributed by atoms with Gasteiger partial charge in [-0.25, -0.2) is 0 Å². The fourth-order valence-electron chi connectivity index (χ4n) is 0. The van der Waals surface area contributed by atoms with E-state index in [1.54, 1.807) is 0 Å². The fourth-order valence-corrected chi connectivity index (χ4v) is 0. The molecular formula is CrFeMnNi+8. The minimum Gasteiger partial charge on any atom is 2.00 e. The molecule has 23 valence electrons. The molecule has 0 rings (SSSR count). The van der Waals surface area contributed by atoms with Crippen LogP contribution in [0.5, 0.6) is 0 Å². The maximum absolute atomic E-state index is 0. The van der Waals surface area contributed by atoms with Gasteiger partial charge in [0.25, 0.3) is 0 Å². The Morgan fingerprint density at radius 1 is 1.00 bits per heavy atom.